The number of halogens is 1. The zero-order valence-electron chi connectivity index (χ0n) is 12.9. The Bertz CT molecular complexity index is 713. The SMILES string of the molecule is Cl.O=C(Nc1ccc2c(c1)CCCN2)C1CCCc2sccc21. The Morgan fingerprint density at radius 1 is 1.22 bits per heavy atom. The first-order valence-corrected chi connectivity index (χ1v) is 8.93. The van der Waals surface area contributed by atoms with Crippen LogP contribution in [-0.2, 0) is 17.6 Å². The van der Waals surface area contributed by atoms with Gasteiger partial charge in [-0.25, -0.2) is 0 Å². The third kappa shape index (κ3) is 3.24. The largest absolute Gasteiger partial charge is 0.385 e. The predicted molar refractivity (Wildman–Crippen MR) is 99.1 cm³/mol. The zero-order chi connectivity index (χ0) is 14.9. The Balaban J connectivity index is 0.00000156. The minimum absolute atomic E-state index is 0. The number of anilines is 2. The summed E-state index contributed by atoms with van der Waals surface area (Å²) in [7, 11) is 0. The van der Waals surface area contributed by atoms with E-state index in [4.69, 9.17) is 0 Å². The molecule has 1 aliphatic heterocycles. The maximum absolute atomic E-state index is 12.7. The molecule has 0 bridgehead atoms. The molecule has 1 atom stereocenters. The van der Waals surface area contributed by atoms with Gasteiger partial charge in [-0.05, 0) is 72.9 Å². The van der Waals surface area contributed by atoms with Gasteiger partial charge in [0.1, 0.15) is 0 Å². The Labute approximate surface area is 146 Å². The molecule has 2 aromatic rings. The number of thiophene rings is 1. The summed E-state index contributed by atoms with van der Waals surface area (Å²) in [6, 6.07) is 8.34. The maximum Gasteiger partial charge on any atom is 0.231 e. The predicted octanol–water partition coefficient (Wildman–Crippen LogP) is 4.59. The number of carbonyl (C=O) groups is 1. The molecule has 23 heavy (non-hydrogen) atoms. The normalized spacial score (nSPS) is 18.9. The van der Waals surface area contributed by atoms with Gasteiger partial charge in [0, 0.05) is 22.8 Å². The molecular weight excluding hydrogens is 328 g/mol. The van der Waals surface area contributed by atoms with Gasteiger partial charge in [0.05, 0.1) is 5.92 Å². The number of hydrogen-bond acceptors (Lipinski definition) is 3. The quantitative estimate of drug-likeness (QED) is 0.833. The lowest BCUT2D eigenvalue weighted by Crippen LogP contribution is -2.24. The number of hydrogen-bond donors (Lipinski definition) is 2. The third-order valence-corrected chi connectivity index (χ3v) is 5.68. The van der Waals surface area contributed by atoms with Crippen LogP contribution in [-0.4, -0.2) is 12.5 Å². The first-order chi connectivity index (χ1) is 10.8. The van der Waals surface area contributed by atoms with Crippen LogP contribution >= 0.6 is 23.7 Å². The first-order valence-electron chi connectivity index (χ1n) is 8.05. The van der Waals surface area contributed by atoms with Crippen LogP contribution < -0.4 is 10.6 Å². The molecule has 0 fully saturated rings. The topological polar surface area (TPSA) is 41.1 Å². The number of nitrogens with one attached hydrogen (secondary N) is 2. The van der Waals surface area contributed by atoms with Gasteiger partial charge in [0.15, 0.2) is 0 Å². The summed E-state index contributed by atoms with van der Waals surface area (Å²) in [5, 5.41) is 8.65. The van der Waals surface area contributed by atoms with Crippen LogP contribution in [0.25, 0.3) is 0 Å². The fourth-order valence-corrected chi connectivity index (χ4v) is 4.53. The van der Waals surface area contributed by atoms with E-state index in [0.717, 1.165) is 44.3 Å². The standard InChI is InChI=1S/C18H20N2OS.ClH/c21-18(15-4-1-5-17-14(15)8-10-22-17)20-13-6-7-16-12(11-13)3-2-9-19-16;/h6-8,10-11,15,19H,1-5,9H2,(H,20,21);1H. The summed E-state index contributed by atoms with van der Waals surface area (Å²) in [5.74, 6) is 0.159. The van der Waals surface area contributed by atoms with E-state index in [2.05, 4.69) is 34.2 Å². The van der Waals surface area contributed by atoms with Crippen LogP contribution in [0, 0.1) is 0 Å². The van der Waals surface area contributed by atoms with Gasteiger partial charge >= 0.3 is 0 Å². The van der Waals surface area contributed by atoms with Crippen LogP contribution in [0.1, 0.15) is 41.2 Å². The molecule has 4 rings (SSSR count). The molecule has 0 spiro atoms. The molecule has 3 nitrogen and oxygen atoms in total. The molecular formula is C18H21ClN2OS. The summed E-state index contributed by atoms with van der Waals surface area (Å²) in [5.41, 5.74) is 4.69. The molecule has 122 valence electrons. The van der Waals surface area contributed by atoms with Crippen molar-refractivity contribution in [3.63, 3.8) is 0 Å². The van der Waals surface area contributed by atoms with Gasteiger partial charge in [-0.2, -0.15) is 0 Å². The summed E-state index contributed by atoms with van der Waals surface area (Å²) >= 11 is 1.78. The van der Waals surface area contributed by atoms with Gasteiger partial charge in [0.2, 0.25) is 5.91 Å². The van der Waals surface area contributed by atoms with Crippen molar-refractivity contribution in [3.8, 4) is 0 Å². The van der Waals surface area contributed by atoms with E-state index in [1.54, 1.807) is 11.3 Å². The second kappa shape index (κ2) is 6.93. The van der Waals surface area contributed by atoms with E-state index in [0.29, 0.717) is 0 Å². The van der Waals surface area contributed by atoms with Crippen molar-refractivity contribution >= 4 is 41.0 Å². The molecule has 1 unspecified atom stereocenters. The van der Waals surface area contributed by atoms with Gasteiger partial charge in [-0.15, -0.1) is 23.7 Å². The number of benzene rings is 1. The van der Waals surface area contributed by atoms with E-state index < -0.39 is 0 Å². The highest BCUT2D eigenvalue weighted by Crippen LogP contribution is 2.36. The summed E-state index contributed by atoms with van der Waals surface area (Å²) < 4.78 is 0. The number of fused-ring (bicyclic) bond motifs is 2. The average molecular weight is 349 g/mol. The van der Waals surface area contributed by atoms with Gasteiger partial charge < -0.3 is 10.6 Å². The maximum atomic E-state index is 12.7. The molecule has 0 radical (unpaired) electrons. The van der Waals surface area contributed by atoms with E-state index in [1.807, 2.05) is 6.07 Å². The van der Waals surface area contributed by atoms with Crippen LogP contribution in [0.4, 0.5) is 11.4 Å². The lowest BCUT2D eigenvalue weighted by Gasteiger charge is -2.23. The van der Waals surface area contributed by atoms with Crippen molar-refractivity contribution < 1.29 is 4.79 Å². The summed E-state index contributed by atoms with van der Waals surface area (Å²) in [6.07, 6.45) is 5.44. The van der Waals surface area contributed by atoms with E-state index in [-0.39, 0.29) is 24.2 Å². The highest BCUT2D eigenvalue weighted by molar-refractivity contribution is 7.10. The highest BCUT2D eigenvalue weighted by atomic mass is 35.5. The third-order valence-electron chi connectivity index (χ3n) is 4.68. The van der Waals surface area contributed by atoms with E-state index in [9.17, 15) is 4.79 Å². The Morgan fingerprint density at radius 2 is 2.13 bits per heavy atom. The summed E-state index contributed by atoms with van der Waals surface area (Å²) in [4.78, 5) is 14.1. The van der Waals surface area contributed by atoms with E-state index in [1.165, 1.54) is 21.7 Å². The average Bonchev–Trinajstić information content (AvgIpc) is 3.03. The molecule has 1 aliphatic carbocycles. The second-order valence-electron chi connectivity index (χ2n) is 6.14. The van der Waals surface area contributed by atoms with Crippen LogP contribution in [0.5, 0.6) is 0 Å². The van der Waals surface area contributed by atoms with Crippen molar-refractivity contribution in [2.24, 2.45) is 0 Å². The lowest BCUT2D eigenvalue weighted by atomic mass is 9.87. The molecule has 2 N–H and O–H groups in total. The van der Waals surface area contributed by atoms with Crippen LogP contribution in [0.3, 0.4) is 0 Å². The van der Waals surface area contributed by atoms with Gasteiger partial charge in [-0.3, -0.25) is 4.79 Å². The Kier molecular flexibility index (Phi) is 4.93. The van der Waals surface area contributed by atoms with Gasteiger partial charge in [0.25, 0.3) is 0 Å². The highest BCUT2D eigenvalue weighted by Gasteiger charge is 2.27. The molecule has 2 aliphatic rings. The van der Waals surface area contributed by atoms with Crippen molar-refractivity contribution in [3.05, 3.63) is 45.6 Å². The molecule has 0 saturated carbocycles. The molecule has 1 aromatic heterocycles. The smallest absolute Gasteiger partial charge is 0.231 e. The molecule has 5 heteroatoms. The second-order valence-corrected chi connectivity index (χ2v) is 7.14. The monoisotopic (exact) mass is 348 g/mol. The van der Waals surface area contributed by atoms with Crippen molar-refractivity contribution in [2.45, 2.75) is 38.0 Å². The number of aryl methyl sites for hydroxylation is 2. The molecule has 0 saturated heterocycles. The Hall–Kier alpha value is -1.52. The minimum atomic E-state index is 0. The number of carbonyl (C=O) groups excluding carboxylic acids is 1. The first kappa shape index (κ1) is 16.3. The Morgan fingerprint density at radius 3 is 3.04 bits per heavy atom. The fraction of sp³-hybridized carbons (Fsp3) is 0.389. The van der Waals surface area contributed by atoms with E-state index >= 15 is 0 Å². The number of rotatable bonds is 2. The molecule has 1 amide bonds. The fourth-order valence-electron chi connectivity index (χ4n) is 3.54. The number of amides is 1. The van der Waals surface area contributed by atoms with Gasteiger partial charge in [-0.1, -0.05) is 0 Å². The lowest BCUT2D eigenvalue weighted by molar-refractivity contribution is -0.117. The van der Waals surface area contributed by atoms with Crippen molar-refractivity contribution in [1.82, 2.24) is 0 Å². The summed E-state index contributed by atoms with van der Waals surface area (Å²) in [6.45, 7) is 1.04. The zero-order valence-corrected chi connectivity index (χ0v) is 14.6. The van der Waals surface area contributed by atoms with Crippen LogP contribution in [0.15, 0.2) is 29.6 Å². The molecule has 1 aromatic carbocycles. The minimum Gasteiger partial charge on any atom is -0.385 e. The van der Waals surface area contributed by atoms with Crippen LogP contribution in [0.2, 0.25) is 0 Å². The van der Waals surface area contributed by atoms with Crippen molar-refractivity contribution in [2.75, 3.05) is 17.2 Å². The van der Waals surface area contributed by atoms with Crippen molar-refractivity contribution in [1.29, 1.82) is 0 Å². The molecule has 2 heterocycles.